The highest BCUT2D eigenvalue weighted by Gasteiger charge is 2.11. The number of aromatic amines is 1. The van der Waals surface area contributed by atoms with Crippen molar-refractivity contribution in [3.05, 3.63) is 23.0 Å². The number of aryl methyl sites for hydroxylation is 1. The number of nitrogens with one attached hydrogen (secondary N) is 1. The summed E-state index contributed by atoms with van der Waals surface area (Å²) >= 11 is 0. The first-order valence-corrected chi connectivity index (χ1v) is 5.94. The van der Waals surface area contributed by atoms with E-state index in [1.807, 2.05) is 0 Å². The first-order chi connectivity index (χ1) is 9.53. The molecule has 0 aliphatic rings. The van der Waals surface area contributed by atoms with E-state index in [9.17, 15) is 9.59 Å². The Balaban J connectivity index is 0.000000441. The summed E-state index contributed by atoms with van der Waals surface area (Å²) in [5.41, 5.74) is 1.49. The molecule has 114 valence electrons. The second-order valence-electron chi connectivity index (χ2n) is 3.60. The van der Waals surface area contributed by atoms with Crippen LogP contribution in [0.25, 0.3) is 0 Å². The molecule has 1 aromatic heterocycles. The van der Waals surface area contributed by atoms with Crippen LogP contribution in [0, 0.1) is 6.92 Å². The van der Waals surface area contributed by atoms with Gasteiger partial charge < -0.3 is 23.9 Å². The zero-order valence-corrected chi connectivity index (χ0v) is 12.4. The molecule has 20 heavy (non-hydrogen) atoms. The Morgan fingerprint density at radius 2 is 1.85 bits per heavy atom. The number of aromatic nitrogens is 1. The maximum Gasteiger partial charge on any atom is 0.354 e. The molecule has 0 aromatic carbocycles. The van der Waals surface area contributed by atoms with Crippen molar-refractivity contribution in [2.24, 2.45) is 0 Å². The number of carbonyl (C=O) groups excluding carboxylic acids is 2. The third-order valence-corrected chi connectivity index (χ3v) is 2.25. The second kappa shape index (κ2) is 10.1. The van der Waals surface area contributed by atoms with Gasteiger partial charge >= 0.3 is 5.97 Å². The zero-order valence-electron chi connectivity index (χ0n) is 12.4. The fraction of sp³-hybridized carbons (Fsp3) is 0.538. The summed E-state index contributed by atoms with van der Waals surface area (Å²) in [7, 11) is 4.53. The first-order valence-electron chi connectivity index (χ1n) is 5.94. The Labute approximate surface area is 118 Å². The fourth-order valence-electron chi connectivity index (χ4n) is 1.30. The molecule has 0 spiro atoms. The van der Waals surface area contributed by atoms with Crippen molar-refractivity contribution in [3.63, 3.8) is 0 Å². The second-order valence-corrected chi connectivity index (χ2v) is 3.60. The van der Waals surface area contributed by atoms with Gasteiger partial charge in [-0.15, -0.1) is 0 Å². The zero-order chi connectivity index (χ0) is 15.5. The molecule has 7 heteroatoms. The van der Waals surface area contributed by atoms with Gasteiger partial charge in [0.2, 0.25) is 0 Å². The number of carbonyl (C=O) groups is 2. The van der Waals surface area contributed by atoms with E-state index in [0.29, 0.717) is 29.8 Å². The molecule has 1 rings (SSSR count). The van der Waals surface area contributed by atoms with E-state index >= 15 is 0 Å². The SMILES string of the molecule is CCOC(=O)c1cc(C=O)c(C)[nH]1.COC(OC)OC. The average molecular weight is 287 g/mol. The number of H-pyrrole nitrogens is 1. The van der Waals surface area contributed by atoms with Gasteiger partial charge in [-0.25, -0.2) is 4.79 Å². The van der Waals surface area contributed by atoms with Crippen LogP contribution >= 0.6 is 0 Å². The van der Waals surface area contributed by atoms with Gasteiger partial charge in [0.25, 0.3) is 6.48 Å². The van der Waals surface area contributed by atoms with Gasteiger partial charge in [-0.05, 0) is 19.9 Å². The minimum atomic E-state index is -0.514. The van der Waals surface area contributed by atoms with E-state index in [-0.39, 0.29) is 0 Å². The molecule has 0 fully saturated rings. The lowest BCUT2D eigenvalue weighted by atomic mass is 10.3. The summed E-state index contributed by atoms with van der Waals surface area (Å²) in [6.45, 7) is 3.27. The van der Waals surface area contributed by atoms with Crippen molar-refractivity contribution in [1.82, 2.24) is 4.98 Å². The number of ether oxygens (including phenoxy) is 4. The van der Waals surface area contributed by atoms with E-state index in [4.69, 9.17) is 4.74 Å². The highest BCUT2D eigenvalue weighted by Crippen LogP contribution is 2.08. The third kappa shape index (κ3) is 5.96. The van der Waals surface area contributed by atoms with Crippen LogP contribution in [0.5, 0.6) is 0 Å². The van der Waals surface area contributed by atoms with Crippen LogP contribution in [0.3, 0.4) is 0 Å². The standard InChI is InChI=1S/C9H11NO3.C4H10O3/c1-3-13-9(12)8-4-7(5-11)6(2)10-8;1-5-4(6-2)7-3/h4-5,10H,3H2,1-2H3;4H,1-3H3. The number of rotatable bonds is 6. The van der Waals surface area contributed by atoms with Gasteiger partial charge in [-0.3, -0.25) is 4.79 Å². The summed E-state index contributed by atoms with van der Waals surface area (Å²) in [6, 6.07) is 1.49. The lowest BCUT2D eigenvalue weighted by Gasteiger charge is -2.08. The summed E-state index contributed by atoms with van der Waals surface area (Å²) < 4.78 is 18.6. The predicted molar refractivity (Wildman–Crippen MR) is 71.7 cm³/mol. The molecule has 0 amide bonds. The van der Waals surface area contributed by atoms with Crippen LogP contribution in [0.1, 0.15) is 33.5 Å². The maximum atomic E-state index is 11.2. The number of esters is 1. The van der Waals surface area contributed by atoms with Crippen molar-refractivity contribution < 1.29 is 28.5 Å². The van der Waals surface area contributed by atoms with E-state index in [1.165, 1.54) is 27.4 Å². The smallest absolute Gasteiger partial charge is 0.354 e. The number of hydrogen-bond acceptors (Lipinski definition) is 6. The minimum Gasteiger partial charge on any atom is -0.461 e. The average Bonchev–Trinajstić information content (AvgIpc) is 2.83. The van der Waals surface area contributed by atoms with Gasteiger partial charge in [0, 0.05) is 32.6 Å². The first kappa shape index (κ1) is 18.3. The van der Waals surface area contributed by atoms with Crippen LogP contribution in [-0.4, -0.2) is 51.7 Å². The van der Waals surface area contributed by atoms with E-state index in [1.54, 1.807) is 13.8 Å². The van der Waals surface area contributed by atoms with Crippen LogP contribution in [0.4, 0.5) is 0 Å². The van der Waals surface area contributed by atoms with E-state index < -0.39 is 12.4 Å². The van der Waals surface area contributed by atoms with Crippen LogP contribution < -0.4 is 0 Å². The fourth-order valence-corrected chi connectivity index (χ4v) is 1.30. The number of aldehydes is 1. The van der Waals surface area contributed by atoms with E-state index in [2.05, 4.69) is 19.2 Å². The molecule has 0 saturated heterocycles. The van der Waals surface area contributed by atoms with Gasteiger partial charge in [-0.1, -0.05) is 0 Å². The maximum absolute atomic E-state index is 11.2. The number of hydrogen-bond donors (Lipinski definition) is 1. The normalized spacial score (nSPS) is 9.90. The molecular formula is C13H21NO6. The summed E-state index contributed by atoms with van der Waals surface area (Å²) in [5.74, 6) is -0.432. The Morgan fingerprint density at radius 3 is 2.15 bits per heavy atom. The van der Waals surface area contributed by atoms with Crippen LogP contribution in [0.15, 0.2) is 6.07 Å². The summed E-state index contributed by atoms with van der Waals surface area (Å²) in [5, 5.41) is 0. The van der Waals surface area contributed by atoms with Crippen LogP contribution in [-0.2, 0) is 18.9 Å². The highest BCUT2D eigenvalue weighted by atomic mass is 16.8. The topological polar surface area (TPSA) is 86.9 Å². The Hall–Kier alpha value is -1.70. The Morgan fingerprint density at radius 1 is 1.30 bits per heavy atom. The lowest BCUT2D eigenvalue weighted by Crippen LogP contribution is -2.14. The minimum absolute atomic E-state index is 0.321. The Bertz CT molecular complexity index is 405. The molecule has 1 N–H and O–H groups in total. The van der Waals surface area contributed by atoms with Gasteiger partial charge in [0.1, 0.15) is 5.69 Å². The highest BCUT2D eigenvalue weighted by molar-refractivity contribution is 5.90. The van der Waals surface area contributed by atoms with Crippen molar-refractivity contribution >= 4 is 12.3 Å². The monoisotopic (exact) mass is 287 g/mol. The summed E-state index contributed by atoms with van der Waals surface area (Å²) in [4.78, 5) is 24.4. The molecule has 0 radical (unpaired) electrons. The van der Waals surface area contributed by atoms with E-state index in [0.717, 1.165) is 0 Å². The number of methoxy groups -OCH3 is 3. The van der Waals surface area contributed by atoms with Gasteiger partial charge in [0.05, 0.1) is 6.61 Å². The molecule has 0 aliphatic heterocycles. The van der Waals surface area contributed by atoms with Crippen molar-refractivity contribution in [2.75, 3.05) is 27.9 Å². The predicted octanol–water partition coefficient (Wildman–Crippen LogP) is 1.52. The quantitative estimate of drug-likeness (QED) is 0.485. The largest absolute Gasteiger partial charge is 0.461 e. The molecule has 0 unspecified atom stereocenters. The van der Waals surface area contributed by atoms with Crippen molar-refractivity contribution in [2.45, 2.75) is 20.3 Å². The van der Waals surface area contributed by atoms with Crippen LogP contribution in [0.2, 0.25) is 0 Å². The summed E-state index contributed by atoms with van der Waals surface area (Å²) in [6.07, 6.45) is 0.703. The Kier molecular flexibility index (Phi) is 9.27. The molecule has 1 heterocycles. The molecule has 0 saturated carbocycles. The van der Waals surface area contributed by atoms with Crippen molar-refractivity contribution in [3.8, 4) is 0 Å². The molecule has 0 aliphatic carbocycles. The lowest BCUT2D eigenvalue weighted by molar-refractivity contribution is -0.252. The molecule has 0 atom stereocenters. The third-order valence-electron chi connectivity index (χ3n) is 2.25. The molecule has 0 bridgehead atoms. The molecular weight excluding hydrogens is 266 g/mol. The molecule has 7 nitrogen and oxygen atoms in total. The van der Waals surface area contributed by atoms with Crippen molar-refractivity contribution in [1.29, 1.82) is 0 Å². The van der Waals surface area contributed by atoms with Gasteiger partial charge in [-0.2, -0.15) is 0 Å². The van der Waals surface area contributed by atoms with Gasteiger partial charge in [0.15, 0.2) is 6.29 Å². The molecule has 1 aromatic rings.